The highest BCUT2D eigenvalue weighted by atomic mass is 35.5. The first-order valence-corrected chi connectivity index (χ1v) is 7.99. The van der Waals surface area contributed by atoms with Crippen LogP contribution in [0.2, 0.25) is 5.02 Å². The first-order valence-electron chi connectivity index (χ1n) is 7.62. The number of hydrogen-bond donors (Lipinski definition) is 1. The Morgan fingerprint density at radius 3 is 2.88 bits per heavy atom. The highest BCUT2D eigenvalue weighted by Gasteiger charge is 2.24. The number of nitro benzene ring substituents is 1. The number of nitro groups is 1. The van der Waals surface area contributed by atoms with E-state index in [-0.39, 0.29) is 11.7 Å². The number of amides is 2. The molecule has 1 N–H and O–H groups in total. The van der Waals surface area contributed by atoms with E-state index < -0.39 is 4.92 Å². The van der Waals surface area contributed by atoms with Gasteiger partial charge in [-0.05, 0) is 36.1 Å². The van der Waals surface area contributed by atoms with Crippen molar-refractivity contribution in [1.29, 1.82) is 0 Å². The molecule has 0 atom stereocenters. The lowest BCUT2D eigenvalue weighted by atomic mass is 10.0. The fourth-order valence-corrected chi connectivity index (χ4v) is 3.02. The van der Waals surface area contributed by atoms with E-state index in [4.69, 9.17) is 11.6 Å². The average molecular weight is 346 g/mol. The Hall–Kier alpha value is -2.60. The largest absolute Gasteiger partial charge is 0.334 e. The van der Waals surface area contributed by atoms with Crippen molar-refractivity contribution in [3.63, 3.8) is 0 Å². The number of rotatable bonds is 3. The number of urea groups is 1. The summed E-state index contributed by atoms with van der Waals surface area (Å²) in [6, 6.07) is 11.7. The lowest BCUT2D eigenvalue weighted by Crippen LogP contribution is -2.42. The van der Waals surface area contributed by atoms with E-state index in [0.717, 1.165) is 24.0 Å². The molecule has 2 aromatic rings. The molecule has 0 fully saturated rings. The van der Waals surface area contributed by atoms with Crippen LogP contribution >= 0.6 is 11.6 Å². The summed E-state index contributed by atoms with van der Waals surface area (Å²) in [6.07, 6.45) is 1.64. The maximum absolute atomic E-state index is 12.5. The molecule has 0 bridgehead atoms. The molecule has 0 aromatic heterocycles. The summed E-state index contributed by atoms with van der Waals surface area (Å²) in [7, 11) is 0. The molecule has 3 rings (SSSR count). The number of hydrogen-bond acceptors (Lipinski definition) is 3. The number of anilines is 1. The molecular formula is C17H16ClN3O3. The lowest BCUT2D eigenvalue weighted by molar-refractivity contribution is -0.384. The molecule has 1 heterocycles. The number of halogens is 1. The number of nitrogens with zero attached hydrogens (tertiary/aromatic N) is 2. The van der Waals surface area contributed by atoms with Crippen molar-refractivity contribution in [2.24, 2.45) is 0 Å². The van der Waals surface area contributed by atoms with Crippen LogP contribution in [0.15, 0.2) is 42.5 Å². The number of fused-ring (bicyclic) bond motifs is 1. The van der Waals surface area contributed by atoms with Crippen LogP contribution in [-0.2, 0) is 13.0 Å². The van der Waals surface area contributed by atoms with Gasteiger partial charge in [0.1, 0.15) is 0 Å². The number of aryl methyl sites for hydroxylation is 1. The average Bonchev–Trinajstić information content (AvgIpc) is 2.58. The molecule has 7 heteroatoms. The van der Waals surface area contributed by atoms with E-state index in [1.165, 1.54) is 12.1 Å². The topological polar surface area (TPSA) is 75.5 Å². The van der Waals surface area contributed by atoms with E-state index in [2.05, 4.69) is 5.32 Å². The lowest BCUT2D eigenvalue weighted by Gasteiger charge is -2.29. The zero-order valence-electron chi connectivity index (χ0n) is 12.9. The van der Waals surface area contributed by atoms with Crippen LogP contribution in [0.3, 0.4) is 0 Å². The molecule has 1 aliphatic rings. The molecular weight excluding hydrogens is 330 g/mol. The van der Waals surface area contributed by atoms with E-state index in [0.29, 0.717) is 23.8 Å². The molecule has 0 saturated carbocycles. The quantitative estimate of drug-likeness (QED) is 0.676. The minimum Gasteiger partial charge on any atom is -0.334 e. The highest BCUT2D eigenvalue weighted by molar-refractivity contribution is 6.30. The molecule has 6 nitrogen and oxygen atoms in total. The van der Waals surface area contributed by atoms with Gasteiger partial charge in [0.05, 0.1) is 10.6 Å². The second kappa shape index (κ2) is 6.88. The van der Waals surface area contributed by atoms with Gasteiger partial charge in [-0.3, -0.25) is 15.0 Å². The van der Waals surface area contributed by atoms with Gasteiger partial charge in [-0.2, -0.15) is 0 Å². The fraction of sp³-hybridized carbons (Fsp3) is 0.235. The minimum atomic E-state index is -0.447. The van der Waals surface area contributed by atoms with Crippen molar-refractivity contribution in [2.45, 2.75) is 19.4 Å². The standard InChI is InChI=1S/C17H16ClN3O3/c18-14-5-1-3-12(9-14)11-19-17(22)20-8-2-4-13-6-7-15(21(23)24)10-16(13)20/h1,3,5-7,9-10H,2,4,8,11H2,(H,19,22). The second-order valence-corrected chi connectivity index (χ2v) is 6.05. The van der Waals surface area contributed by atoms with Crippen molar-refractivity contribution in [1.82, 2.24) is 5.32 Å². The number of nitrogens with one attached hydrogen (secondary N) is 1. The van der Waals surface area contributed by atoms with Gasteiger partial charge in [-0.1, -0.05) is 29.8 Å². The third-order valence-electron chi connectivity index (χ3n) is 3.98. The van der Waals surface area contributed by atoms with Crippen LogP contribution < -0.4 is 10.2 Å². The van der Waals surface area contributed by atoms with E-state index in [1.807, 2.05) is 12.1 Å². The molecule has 0 aliphatic carbocycles. The van der Waals surface area contributed by atoms with Crippen LogP contribution in [0, 0.1) is 10.1 Å². The first-order chi connectivity index (χ1) is 11.5. The maximum Gasteiger partial charge on any atom is 0.322 e. The van der Waals surface area contributed by atoms with Crippen molar-refractivity contribution in [2.75, 3.05) is 11.4 Å². The summed E-state index contributed by atoms with van der Waals surface area (Å²) in [5, 5.41) is 14.4. The predicted molar refractivity (Wildman–Crippen MR) is 92.5 cm³/mol. The van der Waals surface area contributed by atoms with Crippen LogP contribution in [0.1, 0.15) is 17.5 Å². The summed E-state index contributed by atoms with van der Waals surface area (Å²) in [5.41, 5.74) is 2.44. The number of benzene rings is 2. The first kappa shape index (κ1) is 16.3. The minimum absolute atomic E-state index is 0.0108. The smallest absolute Gasteiger partial charge is 0.322 e. The zero-order valence-corrected chi connectivity index (χ0v) is 13.6. The van der Waals surface area contributed by atoms with Crippen molar-refractivity contribution in [3.8, 4) is 0 Å². The Kier molecular flexibility index (Phi) is 4.66. The SMILES string of the molecule is O=C(NCc1cccc(Cl)c1)N1CCCc2ccc([N+](=O)[O-])cc21. The third-order valence-corrected chi connectivity index (χ3v) is 4.21. The van der Waals surface area contributed by atoms with Gasteiger partial charge >= 0.3 is 6.03 Å². The van der Waals surface area contributed by atoms with Crippen molar-refractivity contribution in [3.05, 3.63) is 68.7 Å². The van der Waals surface area contributed by atoms with Crippen LogP contribution in [0.25, 0.3) is 0 Å². The van der Waals surface area contributed by atoms with Gasteiger partial charge in [0.15, 0.2) is 0 Å². The van der Waals surface area contributed by atoms with Crippen molar-refractivity contribution >= 4 is 29.0 Å². The van der Waals surface area contributed by atoms with Gasteiger partial charge in [0.25, 0.3) is 5.69 Å². The predicted octanol–water partition coefficient (Wildman–Crippen LogP) is 3.91. The molecule has 0 unspecified atom stereocenters. The Bertz CT molecular complexity index is 794. The second-order valence-electron chi connectivity index (χ2n) is 5.61. The van der Waals surface area contributed by atoms with Gasteiger partial charge in [-0.25, -0.2) is 4.79 Å². The van der Waals surface area contributed by atoms with Gasteiger partial charge in [0.2, 0.25) is 0 Å². The normalized spacial score (nSPS) is 13.3. The number of carbonyl (C=O) groups is 1. The molecule has 24 heavy (non-hydrogen) atoms. The third kappa shape index (κ3) is 3.49. The molecule has 124 valence electrons. The Balaban J connectivity index is 1.76. The summed E-state index contributed by atoms with van der Waals surface area (Å²) >= 11 is 5.94. The van der Waals surface area contributed by atoms with Crippen LogP contribution in [0.5, 0.6) is 0 Å². The Morgan fingerprint density at radius 1 is 1.29 bits per heavy atom. The Morgan fingerprint density at radius 2 is 2.12 bits per heavy atom. The van der Waals surface area contributed by atoms with Gasteiger partial charge in [0, 0.05) is 30.2 Å². The van der Waals surface area contributed by atoms with Gasteiger partial charge in [-0.15, -0.1) is 0 Å². The number of non-ortho nitro benzene ring substituents is 1. The molecule has 2 aromatic carbocycles. The maximum atomic E-state index is 12.5. The summed E-state index contributed by atoms with van der Waals surface area (Å²) in [4.78, 5) is 24.6. The molecule has 2 amide bonds. The van der Waals surface area contributed by atoms with E-state index in [9.17, 15) is 14.9 Å². The van der Waals surface area contributed by atoms with Crippen LogP contribution in [-0.4, -0.2) is 17.5 Å². The summed E-state index contributed by atoms with van der Waals surface area (Å²) in [5.74, 6) is 0. The van der Waals surface area contributed by atoms with Crippen molar-refractivity contribution < 1.29 is 9.72 Å². The molecule has 0 spiro atoms. The summed E-state index contributed by atoms with van der Waals surface area (Å²) < 4.78 is 0. The van der Waals surface area contributed by atoms with Crippen LogP contribution in [0.4, 0.5) is 16.2 Å². The Labute approximate surface area is 144 Å². The number of carbonyl (C=O) groups excluding carboxylic acids is 1. The van der Waals surface area contributed by atoms with Gasteiger partial charge < -0.3 is 5.32 Å². The molecule has 0 saturated heterocycles. The monoisotopic (exact) mass is 345 g/mol. The molecule has 0 radical (unpaired) electrons. The fourth-order valence-electron chi connectivity index (χ4n) is 2.81. The van der Waals surface area contributed by atoms with E-state index in [1.54, 1.807) is 23.1 Å². The van der Waals surface area contributed by atoms with E-state index >= 15 is 0 Å². The molecule has 1 aliphatic heterocycles. The summed E-state index contributed by atoms with van der Waals surface area (Å²) in [6.45, 7) is 0.885. The highest BCUT2D eigenvalue weighted by Crippen LogP contribution is 2.30. The zero-order chi connectivity index (χ0) is 17.1.